The first-order valence-electron chi connectivity index (χ1n) is 10.3. The van der Waals surface area contributed by atoms with Gasteiger partial charge in [0, 0.05) is 31.2 Å². The summed E-state index contributed by atoms with van der Waals surface area (Å²) in [5, 5.41) is 13.9. The molecule has 2 aliphatic heterocycles. The molecule has 0 spiro atoms. The number of nitrogens with one attached hydrogen (secondary N) is 1. The third-order valence-corrected chi connectivity index (χ3v) is 7.94. The topological polar surface area (TPSA) is 91.2 Å². The summed E-state index contributed by atoms with van der Waals surface area (Å²) in [4.78, 5) is 16.6. The summed E-state index contributed by atoms with van der Waals surface area (Å²) in [6.45, 7) is 1.58. The molecule has 7 nitrogen and oxygen atoms in total. The van der Waals surface area contributed by atoms with Gasteiger partial charge in [-0.2, -0.15) is 0 Å². The van der Waals surface area contributed by atoms with E-state index >= 15 is 0 Å². The molecule has 3 aliphatic rings. The highest BCUT2D eigenvalue weighted by Crippen LogP contribution is 2.39. The first-order valence-corrected chi connectivity index (χ1v) is 12.0. The third-order valence-electron chi connectivity index (χ3n) is 6.26. The van der Waals surface area contributed by atoms with Crippen molar-refractivity contribution in [1.29, 1.82) is 0 Å². The van der Waals surface area contributed by atoms with Gasteiger partial charge >= 0.3 is 0 Å². The zero-order valence-corrected chi connectivity index (χ0v) is 18.2. The lowest BCUT2D eigenvalue weighted by Crippen LogP contribution is -2.48. The molecule has 1 unspecified atom stereocenters. The van der Waals surface area contributed by atoms with Gasteiger partial charge in [0.15, 0.2) is 5.82 Å². The molecular formula is C21H24ClN5O2S. The molecule has 9 heteroatoms. The van der Waals surface area contributed by atoms with Gasteiger partial charge in [0.2, 0.25) is 0 Å². The summed E-state index contributed by atoms with van der Waals surface area (Å²) in [6, 6.07) is 2.08. The fraction of sp³-hybridized carbons (Fsp3) is 0.476. The maximum absolute atomic E-state index is 12.6. The van der Waals surface area contributed by atoms with Crippen LogP contribution in [0.25, 0.3) is 5.57 Å². The second-order valence-electron chi connectivity index (χ2n) is 8.18. The number of hydrogen-bond donors (Lipinski definition) is 2. The van der Waals surface area contributed by atoms with Crippen molar-refractivity contribution in [1.82, 2.24) is 15.0 Å². The Bertz CT molecular complexity index is 1020. The highest BCUT2D eigenvalue weighted by molar-refractivity contribution is 7.85. The van der Waals surface area contributed by atoms with Crippen molar-refractivity contribution in [3.8, 4) is 0 Å². The predicted octanol–water partition coefficient (Wildman–Crippen LogP) is 2.81. The van der Waals surface area contributed by atoms with E-state index in [9.17, 15) is 9.32 Å². The van der Waals surface area contributed by atoms with Crippen molar-refractivity contribution in [2.45, 2.75) is 42.5 Å². The minimum Gasteiger partial charge on any atom is -0.394 e. The molecule has 158 valence electrons. The molecule has 0 radical (unpaired) electrons. The van der Waals surface area contributed by atoms with Crippen LogP contribution in [0.15, 0.2) is 29.4 Å². The van der Waals surface area contributed by atoms with Gasteiger partial charge in [-0.25, -0.2) is 15.0 Å². The van der Waals surface area contributed by atoms with Crippen molar-refractivity contribution in [3.63, 3.8) is 0 Å². The summed E-state index contributed by atoms with van der Waals surface area (Å²) in [7, 11) is -1.03. The van der Waals surface area contributed by atoms with E-state index in [1.54, 1.807) is 12.4 Å². The first kappa shape index (κ1) is 19.9. The van der Waals surface area contributed by atoms with Gasteiger partial charge in [-0.05, 0) is 49.3 Å². The number of aryl methyl sites for hydroxylation is 1. The quantitative estimate of drug-likeness (QED) is 0.731. The third kappa shape index (κ3) is 3.61. The monoisotopic (exact) mass is 445 g/mol. The molecule has 5 rings (SSSR count). The van der Waals surface area contributed by atoms with Gasteiger partial charge in [-0.1, -0.05) is 17.7 Å². The van der Waals surface area contributed by atoms with E-state index in [1.807, 2.05) is 0 Å². The number of fused-ring (bicyclic) bond motifs is 1. The average molecular weight is 446 g/mol. The summed E-state index contributed by atoms with van der Waals surface area (Å²) >= 11 is 5.89. The number of aliphatic hydroxyl groups excluding tert-OH is 1. The van der Waals surface area contributed by atoms with Gasteiger partial charge in [-0.3, -0.25) is 4.21 Å². The average Bonchev–Trinajstić information content (AvgIpc) is 3.12. The standard InChI is InChI=1S/C21H24ClN5O2S/c22-16-11-23-19(24-12-16)14-2-7-27(8-3-14)17-10-15-4-9-30(29)18(15)20(25-17)26-21(13-28)5-1-6-21/h2,10-12,28H,1,3-9,13H2,(H,25,26). The molecule has 0 saturated heterocycles. The van der Waals surface area contributed by atoms with Crippen LogP contribution in [0.1, 0.15) is 37.1 Å². The first-order chi connectivity index (χ1) is 14.6. The second-order valence-corrected chi connectivity index (χ2v) is 10.1. The fourth-order valence-corrected chi connectivity index (χ4v) is 5.77. The second kappa shape index (κ2) is 7.90. The van der Waals surface area contributed by atoms with Crippen LogP contribution in [0.4, 0.5) is 11.6 Å². The van der Waals surface area contributed by atoms with Gasteiger partial charge in [0.1, 0.15) is 11.6 Å². The molecule has 0 bridgehead atoms. The van der Waals surface area contributed by atoms with Crippen molar-refractivity contribution in [2.24, 2.45) is 0 Å². The molecule has 2 aromatic heterocycles. The molecule has 1 saturated carbocycles. The van der Waals surface area contributed by atoms with E-state index in [4.69, 9.17) is 16.6 Å². The van der Waals surface area contributed by atoms with Gasteiger partial charge in [-0.15, -0.1) is 0 Å². The Balaban J connectivity index is 1.42. The van der Waals surface area contributed by atoms with Crippen LogP contribution < -0.4 is 10.2 Å². The largest absolute Gasteiger partial charge is 0.394 e. The Kier molecular flexibility index (Phi) is 5.24. The lowest BCUT2D eigenvalue weighted by Gasteiger charge is -2.42. The molecule has 0 aromatic carbocycles. The molecule has 0 amide bonds. The van der Waals surface area contributed by atoms with Crippen LogP contribution in [-0.2, 0) is 17.2 Å². The SMILES string of the molecule is O=S1CCc2cc(N3CC=C(c4ncc(Cl)cn4)CC3)nc(NC3(CO)CCC3)c21. The van der Waals surface area contributed by atoms with E-state index in [0.29, 0.717) is 29.0 Å². The maximum Gasteiger partial charge on any atom is 0.154 e. The van der Waals surface area contributed by atoms with Crippen molar-refractivity contribution >= 4 is 39.6 Å². The molecule has 2 N–H and O–H groups in total. The number of aliphatic hydroxyl groups is 1. The molecule has 1 fully saturated rings. The zero-order chi connectivity index (χ0) is 20.7. The van der Waals surface area contributed by atoms with Crippen LogP contribution >= 0.6 is 11.6 Å². The Morgan fingerprint density at radius 1 is 1.27 bits per heavy atom. The van der Waals surface area contributed by atoms with E-state index in [0.717, 1.165) is 60.5 Å². The lowest BCUT2D eigenvalue weighted by molar-refractivity contribution is 0.143. The number of aromatic nitrogens is 3. The minimum atomic E-state index is -1.03. The highest BCUT2D eigenvalue weighted by Gasteiger charge is 2.38. The van der Waals surface area contributed by atoms with Crippen LogP contribution in [-0.4, -0.2) is 55.3 Å². The van der Waals surface area contributed by atoms with Crippen LogP contribution in [0.3, 0.4) is 0 Å². The number of pyridine rings is 1. The minimum absolute atomic E-state index is 0.0667. The molecule has 1 atom stereocenters. The summed E-state index contributed by atoms with van der Waals surface area (Å²) in [5.41, 5.74) is 1.88. The van der Waals surface area contributed by atoms with Crippen molar-refractivity contribution < 1.29 is 9.32 Å². The molecule has 1 aliphatic carbocycles. The maximum atomic E-state index is 12.6. The molecular weight excluding hydrogens is 422 g/mol. The Morgan fingerprint density at radius 3 is 2.70 bits per heavy atom. The van der Waals surface area contributed by atoms with Crippen molar-refractivity contribution in [3.05, 3.63) is 40.9 Å². The molecule has 30 heavy (non-hydrogen) atoms. The number of halogens is 1. The normalized spacial score (nSPS) is 22.3. The van der Waals surface area contributed by atoms with Gasteiger partial charge in [0.05, 0.1) is 32.9 Å². The van der Waals surface area contributed by atoms with E-state index in [1.165, 1.54) is 0 Å². The molecule has 4 heterocycles. The summed E-state index contributed by atoms with van der Waals surface area (Å²) < 4.78 is 12.6. The fourth-order valence-electron chi connectivity index (χ4n) is 4.30. The van der Waals surface area contributed by atoms with E-state index < -0.39 is 10.8 Å². The summed E-state index contributed by atoms with van der Waals surface area (Å²) in [6.07, 6.45) is 9.89. The number of rotatable bonds is 5. The molecule has 2 aromatic rings. The van der Waals surface area contributed by atoms with Crippen molar-refractivity contribution in [2.75, 3.05) is 35.7 Å². The van der Waals surface area contributed by atoms with Crippen LogP contribution in [0.5, 0.6) is 0 Å². The summed E-state index contributed by atoms with van der Waals surface area (Å²) in [5.74, 6) is 2.92. The smallest absolute Gasteiger partial charge is 0.154 e. The Hall–Kier alpha value is -2.03. The number of nitrogens with zero attached hydrogens (tertiary/aromatic N) is 4. The van der Waals surface area contributed by atoms with Gasteiger partial charge < -0.3 is 15.3 Å². The van der Waals surface area contributed by atoms with E-state index in [2.05, 4.69) is 32.3 Å². The Labute approximate surface area is 183 Å². The number of hydrogen-bond acceptors (Lipinski definition) is 7. The highest BCUT2D eigenvalue weighted by atomic mass is 35.5. The lowest BCUT2D eigenvalue weighted by atomic mass is 9.77. The zero-order valence-electron chi connectivity index (χ0n) is 16.6. The number of anilines is 2. The van der Waals surface area contributed by atoms with Gasteiger partial charge in [0.25, 0.3) is 0 Å². The van der Waals surface area contributed by atoms with Crippen LogP contribution in [0.2, 0.25) is 5.02 Å². The predicted molar refractivity (Wildman–Crippen MR) is 118 cm³/mol. The Morgan fingerprint density at radius 2 is 2.07 bits per heavy atom. The van der Waals surface area contributed by atoms with E-state index in [-0.39, 0.29) is 12.1 Å². The van der Waals surface area contributed by atoms with Crippen LogP contribution in [0, 0.1) is 0 Å².